The van der Waals surface area contributed by atoms with E-state index < -0.39 is 5.91 Å². The van der Waals surface area contributed by atoms with Crippen molar-refractivity contribution in [2.75, 3.05) is 19.0 Å². The quantitative estimate of drug-likeness (QED) is 0.451. The summed E-state index contributed by atoms with van der Waals surface area (Å²) in [5.41, 5.74) is 1.07. The molecule has 0 aromatic heterocycles. The van der Waals surface area contributed by atoms with Crippen LogP contribution >= 0.6 is 27.5 Å². The molecule has 0 aliphatic rings. The van der Waals surface area contributed by atoms with Crippen LogP contribution in [0.3, 0.4) is 0 Å². The van der Waals surface area contributed by atoms with E-state index >= 15 is 0 Å². The lowest BCUT2D eigenvalue weighted by atomic mass is 10.1. The van der Waals surface area contributed by atoms with Gasteiger partial charge < -0.3 is 14.8 Å². The number of benzene rings is 2. The van der Waals surface area contributed by atoms with Gasteiger partial charge >= 0.3 is 0 Å². The maximum absolute atomic E-state index is 12.4. The molecular weight excluding hydrogens is 432 g/mol. The molecule has 0 atom stereocenters. The van der Waals surface area contributed by atoms with Crippen LogP contribution in [0.5, 0.6) is 11.5 Å². The Hall–Kier alpha value is -2.49. The Morgan fingerprint density at radius 2 is 2.11 bits per heavy atom. The Balaban J connectivity index is 2.30. The van der Waals surface area contributed by atoms with Gasteiger partial charge in [0.05, 0.1) is 13.7 Å². The number of nitrogens with zero attached hydrogens (tertiary/aromatic N) is 1. The largest absolute Gasteiger partial charge is 0.493 e. The van der Waals surface area contributed by atoms with Crippen LogP contribution in [-0.2, 0) is 4.79 Å². The minimum absolute atomic E-state index is 0.0556. The third-order valence-corrected chi connectivity index (χ3v) is 4.41. The number of hydrogen-bond acceptors (Lipinski definition) is 4. The summed E-state index contributed by atoms with van der Waals surface area (Å²) in [6.07, 6.45) is 2.35. The molecule has 1 N–H and O–H groups in total. The second kappa shape index (κ2) is 10.0. The van der Waals surface area contributed by atoms with Gasteiger partial charge in [-0.25, -0.2) is 0 Å². The summed E-state index contributed by atoms with van der Waals surface area (Å²) in [5.74, 6) is 0.577. The van der Waals surface area contributed by atoms with Crippen LogP contribution < -0.4 is 14.8 Å². The number of rotatable bonds is 7. The van der Waals surface area contributed by atoms with E-state index in [-0.39, 0.29) is 5.57 Å². The molecule has 0 radical (unpaired) electrons. The number of anilines is 1. The van der Waals surface area contributed by atoms with E-state index in [1.54, 1.807) is 36.4 Å². The maximum atomic E-state index is 12.4. The summed E-state index contributed by atoms with van der Waals surface area (Å²) in [5, 5.41) is 12.5. The van der Waals surface area contributed by atoms with Gasteiger partial charge in [0.1, 0.15) is 11.6 Å². The number of nitriles is 1. The van der Waals surface area contributed by atoms with E-state index in [4.69, 9.17) is 21.1 Å². The van der Waals surface area contributed by atoms with Crippen molar-refractivity contribution in [3.63, 3.8) is 0 Å². The molecule has 2 aromatic rings. The zero-order chi connectivity index (χ0) is 19.8. The molecule has 0 spiro atoms. The number of nitrogens with one attached hydrogen (secondary N) is 1. The Bertz CT molecular complexity index is 907. The summed E-state index contributed by atoms with van der Waals surface area (Å²) in [6.45, 7) is 2.57. The number of carbonyl (C=O) groups excluding carboxylic acids is 1. The van der Waals surface area contributed by atoms with Crippen LogP contribution in [0, 0.1) is 11.3 Å². The highest BCUT2D eigenvalue weighted by molar-refractivity contribution is 9.10. The van der Waals surface area contributed by atoms with Crippen LogP contribution in [-0.4, -0.2) is 19.6 Å². The Kier molecular flexibility index (Phi) is 7.71. The fourth-order valence-electron chi connectivity index (χ4n) is 2.21. The van der Waals surface area contributed by atoms with Crippen LogP contribution in [0.25, 0.3) is 6.08 Å². The highest BCUT2D eigenvalue weighted by Gasteiger charge is 2.14. The third kappa shape index (κ3) is 5.75. The first-order chi connectivity index (χ1) is 13.0. The normalized spacial score (nSPS) is 10.9. The molecule has 0 saturated carbocycles. The molecule has 0 heterocycles. The monoisotopic (exact) mass is 448 g/mol. The number of methoxy groups -OCH3 is 1. The molecule has 5 nitrogen and oxygen atoms in total. The first kappa shape index (κ1) is 20.8. The summed E-state index contributed by atoms with van der Waals surface area (Å²) >= 11 is 9.36. The molecule has 0 bridgehead atoms. The highest BCUT2D eigenvalue weighted by atomic mass is 79.9. The molecule has 0 fully saturated rings. The summed E-state index contributed by atoms with van der Waals surface area (Å²) < 4.78 is 11.7. The van der Waals surface area contributed by atoms with Gasteiger partial charge in [0.15, 0.2) is 11.5 Å². The van der Waals surface area contributed by atoms with Gasteiger partial charge in [-0.2, -0.15) is 5.26 Å². The lowest BCUT2D eigenvalue weighted by Gasteiger charge is -2.12. The summed E-state index contributed by atoms with van der Waals surface area (Å²) in [6, 6.07) is 12.1. The van der Waals surface area contributed by atoms with Crippen LogP contribution in [0.15, 0.2) is 46.4 Å². The average Bonchev–Trinajstić information content (AvgIpc) is 2.65. The molecule has 0 saturated heterocycles. The highest BCUT2D eigenvalue weighted by Crippen LogP contribution is 2.34. The predicted octanol–water partition coefficient (Wildman–Crippen LogP) is 5.45. The zero-order valence-corrected chi connectivity index (χ0v) is 17.2. The fraction of sp³-hybridized carbons (Fsp3) is 0.200. The molecule has 27 heavy (non-hydrogen) atoms. The van der Waals surface area contributed by atoms with Gasteiger partial charge in [-0.15, -0.1) is 0 Å². The molecule has 7 heteroatoms. The summed E-state index contributed by atoms with van der Waals surface area (Å²) in [7, 11) is 1.53. The van der Waals surface area contributed by atoms with Gasteiger partial charge in [-0.1, -0.05) is 40.5 Å². The summed E-state index contributed by atoms with van der Waals surface area (Å²) in [4.78, 5) is 12.4. The van der Waals surface area contributed by atoms with E-state index in [9.17, 15) is 10.1 Å². The minimum atomic E-state index is -0.531. The van der Waals surface area contributed by atoms with Gasteiger partial charge in [-0.3, -0.25) is 4.79 Å². The lowest BCUT2D eigenvalue weighted by molar-refractivity contribution is -0.112. The van der Waals surface area contributed by atoms with Crippen molar-refractivity contribution < 1.29 is 14.3 Å². The minimum Gasteiger partial charge on any atom is -0.493 e. The molecule has 140 valence electrons. The lowest BCUT2D eigenvalue weighted by Crippen LogP contribution is -2.13. The molecule has 1 amide bonds. The first-order valence-electron chi connectivity index (χ1n) is 8.17. The SMILES string of the molecule is CCCOc1cc(Br)c(/C=C(/C#N)C(=O)Nc2cccc(Cl)c2)cc1OC. The number of hydrogen-bond donors (Lipinski definition) is 1. The van der Waals surface area contributed by atoms with Gasteiger partial charge in [0.25, 0.3) is 5.91 Å². The van der Waals surface area contributed by atoms with Gasteiger partial charge in [0, 0.05) is 15.2 Å². The van der Waals surface area contributed by atoms with Crippen LogP contribution in [0.2, 0.25) is 5.02 Å². The zero-order valence-electron chi connectivity index (χ0n) is 14.9. The second-order valence-corrected chi connectivity index (χ2v) is 6.80. The Morgan fingerprint density at radius 1 is 1.33 bits per heavy atom. The van der Waals surface area contributed by atoms with E-state index in [2.05, 4.69) is 21.2 Å². The van der Waals surface area contributed by atoms with E-state index in [1.807, 2.05) is 13.0 Å². The molecular formula is C20H18BrClN2O3. The molecule has 0 aliphatic heterocycles. The standard InChI is InChI=1S/C20H18BrClN2O3/c1-3-7-27-19-11-17(21)13(9-18(19)26-2)8-14(12-23)20(25)24-16-6-4-5-15(22)10-16/h4-6,8-11H,3,7H2,1-2H3,(H,24,25)/b14-8-. The average molecular weight is 450 g/mol. The van der Waals surface area contributed by atoms with E-state index in [0.29, 0.717) is 38.9 Å². The van der Waals surface area contributed by atoms with Crippen molar-refractivity contribution in [1.29, 1.82) is 5.26 Å². The smallest absolute Gasteiger partial charge is 0.266 e. The number of carbonyl (C=O) groups is 1. The topological polar surface area (TPSA) is 71.3 Å². The Labute approximate surface area is 171 Å². The van der Waals surface area contributed by atoms with E-state index in [0.717, 1.165) is 6.42 Å². The van der Waals surface area contributed by atoms with E-state index in [1.165, 1.54) is 13.2 Å². The van der Waals surface area contributed by atoms with Crippen molar-refractivity contribution in [2.45, 2.75) is 13.3 Å². The van der Waals surface area contributed by atoms with Crippen molar-refractivity contribution >= 4 is 45.2 Å². The molecule has 0 unspecified atom stereocenters. The van der Waals surface area contributed by atoms with Crippen LogP contribution in [0.4, 0.5) is 5.69 Å². The van der Waals surface area contributed by atoms with Gasteiger partial charge in [-0.05, 0) is 48.4 Å². The van der Waals surface area contributed by atoms with Crippen molar-refractivity contribution in [1.82, 2.24) is 0 Å². The molecule has 2 aromatic carbocycles. The molecule has 2 rings (SSSR count). The third-order valence-electron chi connectivity index (χ3n) is 3.49. The fourth-order valence-corrected chi connectivity index (χ4v) is 2.84. The number of ether oxygens (including phenoxy) is 2. The van der Waals surface area contributed by atoms with Gasteiger partial charge in [0.2, 0.25) is 0 Å². The molecule has 0 aliphatic carbocycles. The van der Waals surface area contributed by atoms with Crippen LogP contribution in [0.1, 0.15) is 18.9 Å². The first-order valence-corrected chi connectivity index (χ1v) is 9.34. The number of amides is 1. The number of halogens is 2. The van der Waals surface area contributed by atoms with Crippen molar-refractivity contribution in [3.8, 4) is 17.6 Å². The maximum Gasteiger partial charge on any atom is 0.266 e. The second-order valence-electron chi connectivity index (χ2n) is 5.51. The Morgan fingerprint density at radius 3 is 2.74 bits per heavy atom. The predicted molar refractivity (Wildman–Crippen MR) is 110 cm³/mol. The van der Waals surface area contributed by atoms with Crippen molar-refractivity contribution in [3.05, 3.63) is 57.0 Å². The van der Waals surface area contributed by atoms with Crippen molar-refractivity contribution in [2.24, 2.45) is 0 Å².